The second-order valence-corrected chi connectivity index (χ2v) is 8.68. The monoisotopic (exact) mass is 280 g/mol. The fourth-order valence-electron chi connectivity index (χ4n) is 2.86. The zero-order valence-corrected chi connectivity index (χ0v) is 12.9. The minimum atomic E-state index is -0.657. The second-order valence-electron chi connectivity index (χ2n) is 5.46. The van der Waals surface area contributed by atoms with Crippen LogP contribution in [0.4, 0.5) is 11.4 Å². The van der Waals surface area contributed by atoms with E-state index in [0.29, 0.717) is 0 Å². The molecule has 1 fully saturated rings. The van der Waals surface area contributed by atoms with E-state index < -0.39 is 8.80 Å². The molecule has 2 nitrogen and oxygen atoms in total. The summed E-state index contributed by atoms with van der Waals surface area (Å²) in [5.41, 5.74) is 1.85. The van der Waals surface area contributed by atoms with Gasteiger partial charge in [0.15, 0.2) is 0 Å². The fourth-order valence-corrected chi connectivity index (χ4v) is 6.11. The molecule has 1 heterocycles. The molecule has 0 spiro atoms. The van der Waals surface area contributed by atoms with Gasteiger partial charge in [0, 0.05) is 0 Å². The standard InChI is InChI=1S/C17H20N2Si/c1-3-7-15(8-4-1)18-19-16-9-11-17(12-10-16)20-13-5-2-6-14-20/h1,3-4,7-12,20H,2,5-6,13-14H2. The minimum Gasteiger partial charge on any atom is -0.151 e. The molecule has 0 radical (unpaired) electrons. The molecule has 1 saturated heterocycles. The molecule has 0 aromatic heterocycles. The average Bonchev–Trinajstić information content (AvgIpc) is 2.55. The molecule has 2 aromatic carbocycles. The van der Waals surface area contributed by atoms with E-state index in [0.717, 1.165) is 11.4 Å². The zero-order chi connectivity index (χ0) is 13.6. The second kappa shape index (κ2) is 6.62. The van der Waals surface area contributed by atoms with Gasteiger partial charge in [0.05, 0.1) is 20.2 Å². The van der Waals surface area contributed by atoms with E-state index in [2.05, 4.69) is 34.5 Å². The SMILES string of the molecule is c1ccc(N=Nc2ccc([SiH]3CCCCC3)cc2)cc1. The summed E-state index contributed by atoms with van der Waals surface area (Å²) in [6, 6.07) is 21.6. The van der Waals surface area contributed by atoms with Crippen LogP contribution in [-0.4, -0.2) is 8.80 Å². The normalized spacial score (nSPS) is 16.6. The quantitative estimate of drug-likeness (QED) is 0.574. The first-order valence-electron chi connectivity index (χ1n) is 7.48. The number of hydrogen-bond donors (Lipinski definition) is 0. The molecule has 0 saturated carbocycles. The molecule has 0 unspecified atom stereocenters. The highest BCUT2D eigenvalue weighted by Gasteiger charge is 2.16. The number of hydrogen-bond acceptors (Lipinski definition) is 2. The van der Waals surface area contributed by atoms with Gasteiger partial charge in [-0.1, -0.05) is 66.9 Å². The van der Waals surface area contributed by atoms with Crippen molar-refractivity contribution in [2.75, 3.05) is 0 Å². The summed E-state index contributed by atoms with van der Waals surface area (Å²) in [4.78, 5) is 0. The molecule has 3 heteroatoms. The van der Waals surface area contributed by atoms with Gasteiger partial charge in [-0.25, -0.2) is 0 Å². The van der Waals surface area contributed by atoms with E-state index in [1.807, 2.05) is 30.3 Å². The third-order valence-corrected chi connectivity index (χ3v) is 7.54. The lowest BCUT2D eigenvalue weighted by atomic mass is 10.3. The van der Waals surface area contributed by atoms with Gasteiger partial charge in [0.1, 0.15) is 0 Å². The van der Waals surface area contributed by atoms with E-state index in [9.17, 15) is 0 Å². The number of nitrogens with zero attached hydrogens (tertiary/aromatic N) is 2. The Morgan fingerprint density at radius 1 is 0.650 bits per heavy atom. The van der Waals surface area contributed by atoms with Crippen LogP contribution in [0.25, 0.3) is 0 Å². The van der Waals surface area contributed by atoms with Crippen molar-refractivity contribution in [2.45, 2.75) is 31.4 Å². The van der Waals surface area contributed by atoms with Crippen LogP contribution in [0.1, 0.15) is 19.3 Å². The summed E-state index contributed by atoms with van der Waals surface area (Å²) < 4.78 is 0. The first-order chi connectivity index (χ1) is 9.92. The highest BCUT2D eigenvalue weighted by atomic mass is 28.3. The lowest BCUT2D eigenvalue weighted by Crippen LogP contribution is -2.31. The van der Waals surface area contributed by atoms with Crippen LogP contribution in [0.3, 0.4) is 0 Å². The summed E-state index contributed by atoms with van der Waals surface area (Å²) in [6.45, 7) is 0. The first-order valence-corrected chi connectivity index (χ1v) is 9.69. The van der Waals surface area contributed by atoms with Gasteiger partial charge < -0.3 is 0 Å². The van der Waals surface area contributed by atoms with E-state index in [1.54, 1.807) is 5.19 Å². The van der Waals surface area contributed by atoms with Crippen LogP contribution < -0.4 is 5.19 Å². The van der Waals surface area contributed by atoms with Crippen LogP contribution in [0.5, 0.6) is 0 Å². The largest absolute Gasteiger partial charge is 0.151 e. The molecule has 20 heavy (non-hydrogen) atoms. The summed E-state index contributed by atoms with van der Waals surface area (Å²) in [7, 11) is -0.657. The topological polar surface area (TPSA) is 24.7 Å². The third-order valence-electron chi connectivity index (χ3n) is 4.01. The van der Waals surface area contributed by atoms with Crippen molar-refractivity contribution in [1.82, 2.24) is 0 Å². The van der Waals surface area contributed by atoms with Crippen LogP contribution in [0.2, 0.25) is 12.1 Å². The van der Waals surface area contributed by atoms with Crippen molar-refractivity contribution in [2.24, 2.45) is 10.2 Å². The molecular weight excluding hydrogens is 260 g/mol. The fraction of sp³-hybridized carbons (Fsp3) is 0.294. The Bertz CT molecular complexity index is 557. The maximum atomic E-state index is 4.30. The molecule has 0 amide bonds. The molecule has 3 rings (SSSR count). The summed E-state index contributed by atoms with van der Waals surface area (Å²) in [6.07, 6.45) is 4.31. The molecule has 1 aliphatic rings. The predicted molar refractivity (Wildman–Crippen MR) is 87.3 cm³/mol. The highest BCUT2D eigenvalue weighted by molar-refractivity contribution is 6.73. The highest BCUT2D eigenvalue weighted by Crippen LogP contribution is 2.20. The van der Waals surface area contributed by atoms with E-state index in [4.69, 9.17) is 0 Å². The Morgan fingerprint density at radius 2 is 1.25 bits per heavy atom. The Hall–Kier alpha value is -1.74. The van der Waals surface area contributed by atoms with Crippen LogP contribution in [0, 0.1) is 0 Å². The molecule has 0 aliphatic carbocycles. The van der Waals surface area contributed by atoms with Crippen molar-refractivity contribution in [3.8, 4) is 0 Å². The molecule has 102 valence electrons. The third kappa shape index (κ3) is 3.42. The van der Waals surface area contributed by atoms with Crippen molar-refractivity contribution in [3.05, 3.63) is 54.6 Å². The van der Waals surface area contributed by atoms with Crippen LogP contribution in [0.15, 0.2) is 64.8 Å². The van der Waals surface area contributed by atoms with Crippen molar-refractivity contribution < 1.29 is 0 Å². The summed E-state index contributed by atoms with van der Waals surface area (Å²) in [5, 5.41) is 10.2. The average molecular weight is 280 g/mol. The molecule has 0 atom stereocenters. The predicted octanol–water partition coefficient (Wildman–Crippen LogP) is 4.72. The maximum absolute atomic E-state index is 4.30. The van der Waals surface area contributed by atoms with Gasteiger partial charge in [0.2, 0.25) is 0 Å². The Kier molecular flexibility index (Phi) is 4.38. The van der Waals surface area contributed by atoms with Gasteiger partial charge in [-0.15, -0.1) is 0 Å². The van der Waals surface area contributed by atoms with Crippen molar-refractivity contribution >= 4 is 25.4 Å². The number of azo groups is 1. The van der Waals surface area contributed by atoms with Gasteiger partial charge in [-0.05, 0) is 24.3 Å². The van der Waals surface area contributed by atoms with Gasteiger partial charge in [0.25, 0.3) is 0 Å². The molecular formula is C17H20N2Si. The first kappa shape index (κ1) is 13.2. The minimum absolute atomic E-state index is 0.657. The molecule has 0 bridgehead atoms. The van der Waals surface area contributed by atoms with Gasteiger partial charge in [-0.2, -0.15) is 10.2 Å². The van der Waals surface area contributed by atoms with Crippen LogP contribution in [-0.2, 0) is 0 Å². The van der Waals surface area contributed by atoms with E-state index in [-0.39, 0.29) is 0 Å². The lowest BCUT2D eigenvalue weighted by molar-refractivity contribution is 0.728. The van der Waals surface area contributed by atoms with E-state index >= 15 is 0 Å². The van der Waals surface area contributed by atoms with Gasteiger partial charge >= 0.3 is 0 Å². The van der Waals surface area contributed by atoms with Gasteiger partial charge in [-0.3, -0.25) is 0 Å². The van der Waals surface area contributed by atoms with E-state index in [1.165, 1.54) is 31.4 Å². The number of benzene rings is 2. The number of rotatable bonds is 3. The van der Waals surface area contributed by atoms with Crippen LogP contribution >= 0.6 is 0 Å². The van der Waals surface area contributed by atoms with Crippen molar-refractivity contribution in [1.29, 1.82) is 0 Å². The Morgan fingerprint density at radius 3 is 1.90 bits per heavy atom. The Balaban J connectivity index is 1.68. The molecule has 2 aromatic rings. The maximum Gasteiger partial charge on any atom is 0.0857 e. The smallest absolute Gasteiger partial charge is 0.0857 e. The summed E-state index contributed by atoms with van der Waals surface area (Å²) >= 11 is 0. The Labute approximate surface area is 122 Å². The molecule has 1 aliphatic heterocycles. The zero-order valence-electron chi connectivity index (χ0n) is 11.7. The molecule has 0 N–H and O–H groups in total. The summed E-state index contributed by atoms with van der Waals surface area (Å²) in [5.74, 6) is 0. The lowest BCUT2D eigenvalue weighted by Gasteiger charge is -2.20. The van der Waals surface area contributed by atoms with Crippen molar-refractivity contribution in [3.63, 3.8) is 0 Å².